The molecule has 2 rings (SSSR count). The lowest BCUT2D eigenvalue weighted by Crippen LogP contribution is -2.46. The summed E-state index contributed by atoms with van der Waals surface area (Å²) in [6.45, 7) is 6.97. The van der Waals surface area contributed by atoms with E-state index in [1.807, 2.05) is 6.07 Å². The third kappa shape index (κ3) is 7.25. The van der Waals surface area contributed by atoms with Crippen LogP contribution in [0.4, 0.5) is 5.69 Å². The Morgan fingerprint density at radius 3 is 2.58 bits per heavy atom. The van der Waals surface area contributed by atoms with Gasteiger partial charge in [-0.15, -0.1) is 24.0 Å². The van der Waals surface area contributed by atoms with Gasteiger partial charge in [-0.3, -0.25) is 4.99 Å². The van der Waals surface area contributed by atoms with Crippen LogP contribution < -0.4 is 16.0 Å². The van der Waals surface area contributed by atoms with Gasteiger partial charge in [0.15, 0.2) is 5.96 Å². The molecule has 2 unspecified atom stereocenters. The lowest BCUT2D eigenvalue weighted by molar-refractivity contribution is 0.114. The molecule has 1 aliphatic heterocycles. The monoisotopic (exact) mass is 446 g/mol. The molecule has 1 fully saturated rings. The topological polar surface area (TPSA) is 57.7 Å². The molecule has 2 atom stereocenters. The van der Waals surface area contributed by atoms with Crippen molar-refractivity contribution in [3.63, 3.8) is 0 Å². The van der Waals surface area contributed by atoms with Gasteiger partial charge in [-0.1, -0.05) is 32.0 Å². The molecule has 3 N–H and O–H groups in total. The van der Waals surface area contributed by atoms with Crippen molar-refractivity contribution in [1.82, 2.24) is 10.6 Å². The van der Waals surface area contributed by atoms with Gasteiger partial charge in [-0.2, -0.15) is 0 Å². The second-order valence-electron chi connectivity index (χ2n) is 6.33. The van der Waals surface area contributed by atoms with Crippen LogP contribution in [-0.2, 0) is 4.74 Å². The maximum Gasteiger partial charge on any atom is 0.191 e. The number of rotatable bonds is 7. The van der Waals surface area contributed by atoms with Gasteiger partial charge in [0.2, 0.25) is 0 Å². The largest absolute Gasteiger partial charge is 0.380 e. The first kappa shape index (κ1) is 21.0. The normalized spacial score (nSPS) is 18.8. The Kier molecular flexibility index (Phi) is 10.1. The molecular formula is C18H31IN4O. The fourth-order valence-electron chi connectivity index (χ4n) is 2.64. The molecule has 0 aliphatic carbocycles. The second kappa shape index (κ2) is 11.5. The first-order valence-corrected chi connectivity index (χ1v) is 8.56. The van der Waals surface area contributed by atoms with Crippen LogP contribution in [0.3, 0.4) is 0 Å². The minimum Gasteiger partial charge on any atom is -0.380 e. The van der Waals surface area contributed by atoms with E-state index >= 15 is 0 Å². The van der Waals surface area contributed by atoms with Crippen molar-refractivity contribution in [2.24, 2.45) is 10.9 Å². The summed E-state index contributed by atoms with van der Waals surface area (Å²) in [5.74, 6) is 1.35. The number of nitrogens with zero attached hydrogens (tertiary/aromatic N) is 1. The Morgan fingerprint density at radius 1 is 1.25 bits per heavy atom. The lowest BCUT2D eigenvalue weighted by atomic mass is 10.0. The van der Waals surface area contributed by atoms with E-state index in [-0.39, 0.29) is 24.0 Å². The Bertz CT molecular complexity index is 475. The maximum atomic E-state index is 5.63. The van der Waals surface area contributed by atoms with Crippen LogP contribution in [0.5, 0.6) is 0 Å². The van der Waals surface area contributed by atoms with Crippen molar-refractivity contribution < 1.29 is 4.74 Å². The van der Waals surface area contributed by atoms with Gasteiger partial charge in [0.25, 0.3) is 0 Å². The molecule has 0 saturated carbocycles. The van der Waals surface area contributed by atoms with Crippen LogP contribution in [0.15, 0.2) is 35.3 Å². The highest BCUT2D eigenvalue weighted by molar-refractivity contribution is 14.0. The van der Waals surface area contributed by atoms with E-state index in [9.17, 15) is 0 Å². The zero-order valence-electron chi connectivity index (χ0n) is 14.9. The van der Waals surface area contributed by atoms with Crippen molar-refractivity contribution in [3.05, 3.63) is 30.3 Å². The molecule has 0 aromatic heterocycles. The van der Waals surface area contributed by atoms with Crippen molar-refractivity contribution in [3.8, 4) is 0 Å². The molecule has 24 heavy (non-hydrogen) atoms. The van der Waals surface area contributed by atoms with Gasteiger partial charge in [0.05, 0.1) is 6.10 Å². The number of guanidine groups is 1. The van der Waals surface area contributed by atoms with Gasteiger partial charge in [-0.05, 0) is 30.9 Å². The number of para-hydroxylation sites is 1. The second-order valence-corrected chi connectivity index (χ2v) is 6.33. The van der Waals surface area contributed by atoms with Crippen LogP contribution in [-0.4, -0.2) is 44.8 Å². The molecule has 1 heterocycles. The minimum absolute atomic E-state index is 0. The van der Waals surface area contributed by atoms with Crippen molar-refractivity contribution >= 4 is 35.6 Å². The Balaban J connectivity index is 0.00000288. The third-order valence-corrected chi connectivity index (χ3v) is 4.16. The molecule has 1 aromatic carbocycles. The Morgan fingerprint density at radius 2 is 2.00 bits per heavy atom. The molecule has 1 saturated heterocycles. The van der Waals surface area contributed by atoms with Crippen LogP contribution in [0.2, 0.25) is 0 Å². The molecule has 1 aromatic rings. The molecule has 0 spiro atoms. The van der Waals surface area contributed by atoms with Gasteiger partial charge in [0, 0.05) is 38.5 Å². The van der Waals surface area contributed by atoms with E-state index in [2.05, 4.69) is 59.1 Å². The van der Waals surface area contributed by atoms with Crippen LogP contribution in [0.1, 0.15) is 26.7 Å². The van der Waals surface area contributed by atoms with Gasteiger partial charge in [-0.25, -0.2) is 0 Å². The molecular weight excluding hydrogens is 415 g/mol. The number of hydrogen-bond donors (Lipinski definition) is 3. The lowest BCUT2D eigenvalue weighted by Gasteiger charge is -2.25. The minimum atomic E-state index is 0. The number of halogens is 1. The number of aliphatic imine (C=N–C) groups is 1. The summed E-state index contributed by atoms with van der Waals surface area (Å²) >= 11 is 0. The summed E-state index contributed by atoms with van der Waals surface area (Å²) in [4.78, 5) is 4.30. The van der Waals surface area contributed by atoms with Crippen LogP contribution >= 0.6 is 24.0 Å². The Hall–Kier alpha value is -1.02. The highest BCUT2D eigenvalue weighted by Gasteiger charge is 2.17. The summed E-state index contributed by atoms with van der Waals surface area (Å²) in [6.07, 6.45) is 2.61. The molecule has 5 nitrogen and oxygen atoms in total. The molecule has 1 aliphatic rings. The van der Waals surface area contributed by atoms with E-state index in [1.165, 1.54) is 0 Å². The highest BCUT2D eigenvalue weighted by atomic mass is 127. The number of ether oxygens (including phenoxy) is 1. The zero-order chi connectivity index (χ0) is 16.5. The smallest absolute Gasteiger partial charge is 0.191 e. The number of hydrogen-bond acceptors (Lipinski definition) is 3. The van der Waals surface area contributed by atoms with Crippen molar-refractivity contribution in [1.29, 1.82) is 0 Å². The Labute approximate surface area is 163 Å². The summed E-state index contributed by atoms with van der Waals surface area (Å²) in [5, 5.41) is 10.4. The predicted molar refractivity (Wildman–Crippen MR) is 112 cm³/mol. The maximum absolute atomic E-state index is 5.63. The molecule has 0 amide bonds. The third-order valence-electron chi connectivity index (χ3n) is 4.16. The van der Waals surface area contributed by atoms with Gasteiger partial charge >= 0.3 is 0 Å². The average Bonchev–Trinajstić information content (AvgIpc) is 3.08. The van der Waals surface area contributed by atoms with Gasteiger partial charge in [0.1, 0.15) is 0 Å². The van der Waals surface area contributed by atoms with Crippen molar-refractivity contribution in [2.45, 2.75) is 38.8 Å². The quantitative estimate of drug-likeness (QED) is 0.342. The SMILES string of the molecule is CN=C(NCC1CCCO1)NCC(Nc1ccccc1)C(C)C.I. The van der Waals surface area contributed by atoms with E-state index < -0.39 is 0 Å². The highest BCUT2D eigenvalue weighted by Crippen LogP contribution is 2.12. The van der Waals surface area contributed by atoms with E-state index in [0.29, 0.717) is 18.1 Å². The molecule has 0 radical (unpaired) electrons. The summed E-state index contributed by atoms with van der Waals surface area (Å²) < 4.78 is 5.63. The predicted octanol–water partition coefficient (Wildman–Crippen LogP) is 3.09. The summed E-state index contributed by atoms with van der Waals surface area (Å²) in [7, 11) is 1.81. The van der Waals surface area contributed by atoms with E-state index in [0.717, 1.165) is 44.2 Å². The first-order chi connectivity index (χ1) is 11.2. The number of nitrogens with one attached hydrogen (secondary N) is 3. The van der Waals surface area contributed by atoms with Crippen molar-refractivity contribution in [2.75, 3.05) is 32.1 Å². The molecule has 6 heteroatoms. The van der Waals surface area contributed by atoms with E-state index in [4.69, 9.17) is 4.74 Å². The standard InChI is InChI=1S/C18H30N4O.HI/c1-14(2)17(22-15-8-5-4-6-9-15)13-21-18(19-3)20-12-16-10-7-11-23-16;/h4-6,8-9,14,16-17,22H,7,10-13H2,1-3H3,(H2,19,20,21);1H. The first-order valence-electron chi connectivity index (χ1n) is 8.56. The number of benzene rings is 1. The van der Waals surface area contributed by atoms with Crippen LogP contribution in [0.25, 0.3) is 0 Å². The van der Waals surface area contributed by atoms with E-state index in [1.54, 1.807) is 7.05 Å². The fraction of sp³-hybridized carbons (Fsp3) is 0.611. The summed E-state index contributed by atoms with van der Waals surface area (Å²) in [6, 6.07) is 10.7. The molecule has 136 valence electrons. The average molecular weight is 446 g/mol. The van der Waals surface area contributed by atoms with Crippen LogP contribution in [0, 0.1) is 5.92 Å². The zero-order valence-corrected chi connectivity index (χ0v) is 17.2. The molecule has 0 bridgehead atoms. The van der Waals surface area contributed by atoms with Gasteiger partial charge < -0.3 is 20.7 Å². The fourth-order valence-corrected chi connectivity index (χ4v) is 2.64. The number of anilines is 1. The summed E-state index contributed by atoms with van der Waals surface area (Å²) in [5.41, 5.74) is 1.15.